The van der Waals surface area contributed by atoms with E-state index in [0.717, 1.165) is 5.69 Å². The second-order valence-electron chi connectivity index (χ2n) is 4.25. The molecule has 0 aliphatic rings. The molecule has 1 rings (SSSR count). The van der Waals surface area contributed by atoms with Gasteiger partial charge in [-0.1, -0.05) is 13.8 Å². The molecule has 0 aromatic carbocycles. The predicted molar refractivity (Wildman–Crippen MR) is 61.4 cm³/mol. The number of aromatic nitrogens is 1. The third-order valence-corrected chi connectivity index (χ3v) is 2.11. The molecule has 0 atom stereocenters. The second kappa shape index (κ2) is 4.95. The first-order valence-corrected chi connectivity index (χ1v) is 4.85. The topological polar surface area (TPSA) is 83.2 Å². The van der Waals surface area contributed by atoms with Crippen molar-refractivity contribution >= 4 is 11.5 Å². The third kappa shape index (κ3) is 3.73. The van der Waals surface area contributed by atoms with Crippen LogP contribution in [0.25, 0.3) is 0 Å². The molecule has 0 fully saturated rings. The minimum atomic E-state index is -0.139. The maximum absolute atomic E-state index is 9.09. The van der Waals surface area contributed by atoms with Crippen LogP contribution in [0.4, 0.5) is 11.5 Å². The van der Waals surface area contributed by atoms with Gasteiger partial charge in [-0.3, -0.25) is 0 Å². The van der Waals surface area contributed by atoms with Gasteiger partial charge < -0.3 is 15.8 Å². The Balaban J connectivity index is 2.57. The fraction of sp³-hybridized carbons (Fsp3) is 0.500. The van der Waals surface area contributed by atoms with Crippen molar-refractivity contribution in [3.8, 4) is 0 Å². The van der Waals surface area contributed by atoms with E-state index in [2.05, 4.69) is 15.7 Å². The summed E-state index contributed by atoms with van der Waals surface area (Å²) < 4.78 is 0. The van der Waals surface area contributed by atoms with Gasteiger partial charge in [0.2, 0.25) is 0 Å². The van der Waals surface area contributed by atoms with E-state index in [-0.39, 0.29) is 12.0 Å². The molecule has 15 heavy (non-hydrogen) atoms. The van der Waals surface area contributed by atoms with E-state index in [1.165, 1.54) is 0 Å². The molecule has 0 saturated heterocycles. The van der Waals surface area contributed by atoms with Gasteiger partial charge in [0.1, 0.15) is 5.82 Å². The number of hydrogen-bond donors (Lipinski definition) is 4. The molecule has 84 valence electrons. The van der Waals surface area contributed by atoms with E-state index < -0.39 is 0 Å². The Kier molecular flexibility index (Phi) is 3.88. The molecule has 1 aromatic rings. The van der Waals surface area contributed by atoms with Crippen LogP contribution in [0.1, 0.15) is 13.8 Å². The van der Waals surface area contributed by atoms with E-state index in [9.17, 15) is 0 Å². The lowest BCUT2D eigenvalue weighted by atomic mass is 9.95. The van der Waals surface area contributed by atoms with Crippen molar-refractivity contribution in [3.63, 3.8) is 0 Å². The number of aliphatic hydroxyl groups is 1. The van der Waals surface area contributed by atoms with Crippen LogP contribution in [0.3, 0.4) is 0 Å². The van der Waals surface area contributed by atoms with Crippen molar-refractivity contribution in [2.24, 2.45) is 11.3 Å². The number of anilines is 2. The summed E-state index contributed by atoms with van der Waals surface area (Å²) in [5.41, 5.74) is 3.27. The quantitative estimate of drug-likeness (QED) is 0.427. The average molecular weight is 210 g/mol. The molecule has 5 nitrogen and oxygen atoms in total. The summed E-state index contributed by atoms with van der Waals surface area (Å²) in [7, 11) is 0. The fourth-order valence-electron chi connectivity index (χ4n) is 1.02. The van der Waals surface area contributed by atoms with Crippen LogP contribution in [0.5, 0.6) is 0 Å². The van der Waals surface area contributed by atoms with Gasteiger partial charge in [-0.25, -0.2) is 10.8 Å². The molecule has 5 N–H and O–H groups in total. The minimum Gasteiger partial charge on any atom is -0.396 e. The molecule has 0 bridgehead atoms. The number of hydrogen-bond acceptors (Lipinski definition) is 5. The SMILES string of the molecule is CC(C)(CO)CNc1ccnc(NN)c1. The molecular weight excluding hydrogens is 192 g/mol. The van der Waals surface area contributed by atoms with Gasteiger partial charge in [0.25, 0.3) is 0 Å². The second-order valence-corrected chi connectivity index (χ2v) is 4.25. The molecule has 0 aliphatic carbocycles. The molecule has 5 heteroatoms. The molecule has 0 amide bonds. The van der Waals surface area contributed by atoms with Crippen molar-refractivity contribution in [1.82, 2.24) is 4.98 Å². The summed E-state index contributed by atoms with van der Waals surface area (Å²) in [6, 6.07) is 3.67. The maximum Gasteiger partial charge on any atom is 0.141 e. The van der Waals surface area contributed by atoms with Crippen LogP contribution in [0.15, 0.2) is 18.3 Å². The molecular formula is C10H18N4O. The summed E-state index contributed by atoms with van der Waals surface area (Å²) >= 11 is 0. The Morgan fingerprint density at radius 1 is 1.53 bits per heavy atom. The highest BCUT2D eigenvalue weighted by Gasteiger charge is 2.15. The lowest BCUT2D eigenvalue weighted by molar-refractivity contribution is 0.171. The summed E-state index contributed by atoms with van der Waals surface area (Å²) in [5, 5.41) is 12.3. The van der Waals surface area contributed by atoms with Crippen molar-refractivity contribution in [2.45, 2.75) is 13.8 Å². The Hall–Kier alpha value is -1.33. The number of nitrogens with two attached hydrogens (primary N) is 1. The summed E-state index contributed by atoms with van der Waals surface area (Å²) in [6.45, 7) is 4.82. The highest BCUT2D eigenvalue weighted by Crippen LogP contribution is 2.16. The van der Waals surface area contributed by atoms with E-state index in [4.69, 9.17) is 10.9 Å². The molecule has 1 heterocycles. The zero-order chi connectivity index (χ0) is 11.3. The van der Waals surface area contributed by atoms with Gasteiger partial charge >= 0.3 is 0 Å². The van der Waals surface area contributed by atoms with E-state index >= 15 is 0 Å². The molecule has 0 radical (unpaired) electrons. The maximum atomic E-state index is 9.09. The summed E-state index contributed by atoms with van der Waals surface area (Å²) in [4.78, 5) is 4.00. The fourth-order valence-corrected chi connectivity index (χ4v) is 1.02. The highest BCUT2D eigenvalue weighted by atomic mass is 16.3. The molecule has 0 unspecified atom stereocenters. The van der Waals surface area contributed by atoms with Gasteiger partial charge in [-0.15, -0.1) is 0 Å². The average Bonchev–Trinajstić information content (AvgIpc) is 2.27. The lowest BCUT2D eigenvalue weighted by Gasteiger charge is -2.22. The van der Waals surface area contributed by atoms with Gasteiger partial charge in [-0.2, -0.15) is 0 Å². The first kappa shape index (κ1) is 11.7. The molecule has 1 aromatic heterocycles. The van der Waals surface area contributed by atoms with Crippen LogP contribution >= 0.6 is 0 Å². The smallest absolute Gasteiger partial charge is 0.141 e. The van der Waals surface area contributed by atoms with Crippen LogP contribution in [-0.2, 0) is 0 Å². The monoisotopic (exact) mass is 210 g/mol. The van der Waals surface area contributed by atoms with Gasteiger partial charge in [0.15, 0.2) is 0 Å². The lowest BCUT2D eigenvalue weighted by Crippen LogP contribution is -2.26. The number of nitrogens with one attached hydrogen (secondary N) is 2. The summed E-state index contributed by atoms with van der Waals surface area (Å²) in [5.74, 6) is 5.86. The molecule has 0 aliphatic heterocycles. The number of rotatable bonds is 5. The Bertz CT molecular complexity index is 314. The van der Waals surface area contributed by atoms with E-state index in [0.29, 0.717) is 12.4 Å². The van der Waals surface area contributed by atoms with Gasteiger partial charge in [-0.05, 0) is 6.07 Å². The molecule has 0 spiro atoms. The highest BCUT2D eigenvalue weighted by molar-refractivity contribution is 5.51. The zero-order valence-corrected chi connectivity index (χ0v) is 9.12. The van der Waals surface area contributed by atoms with Crippen molar-refractivity contribution < 1.29 is 5.11 Å². The number of aliphatic hydroxyl groups excluding tert-OH is 1. The Morgan fingerprint density at radius 2 is 2.27 bits per heavy atom. The number of pyridine rings is 1. The van der Waals surface area contributed by atoms with Crippen LogP contribution < -0.4 is 16.6 Å². The van der Waals surface area contributed by atoms with Crippen molar-refractivity contribution in [3.05, 3.63) is 18.3 Å². The normalized spacial score (nSPS) is 11.2. The zero-order valence-electron chi connectivity index (χ0n) is 9.12. The van der Waals surface area contributed by atoms with Crippen LogP contribution in [-0.4, -0.2) is 23.2 Å². The standard InChI is InChI=1S/C10H18N4O/c1-10(2,7-15)6-13-8-3-4-12-9(5-8)14-11/h3-5,15H,6-7,11H2,1-2H3,(H2,12,13,14). The number of nitrogen functional groups attached to an aromatic ring is 1. The van der Waals surface area contributed by atoms with Crippen LogP contribution in [0.2, 0.25) is 0 Å². The van der Waals surface area contributed by atoms with Crippen molar-refractivity contribution in [1.29, 1.82) is 0 Å². The molecule has 0 saturated carbocycles. The summed E-state index contributed by atoms with van der Waals surface area (Å²) in [6.07, 6.45) is 1.67. The van der Waals surface area contributed by atoms with E-state index in [1.807, 2.05) is 26.0 Å². The number of hydrazine groups is 1. The van der Waals surface area contributed by atoms with Gasteiger partial charge in [0.05, 0.1) is 0 Å². The Labute approximate surface area is 89.7 Å². The first-order chi connectivity index (χ1) is 7.07. The first-order valence-electron chi connectivity index (χ1n) is 4.85. The van der Waals surface area contributed by atoms with E-state index in [1.54, 1.807) is 6.20 Å². The minimum absolute atomic E-state index is 0.139. The largest absolute Gasteiger partial charge is 0.396 e. The van der Waals surface area contributed by atoms with Crippen LogP contribution in [0, 0.1) is 5.41 Å². The van der Waals surface area contributed by atoms with Gasteiger partial charge in [0, 0.05) is 36.5 Å². The Morgan fingerprint density at radius 3 is 2.87 bits per heavy atom. The third-order valence-electron chi connectivity index (χ3n) is 2.11. The predicted octanol–water partition coefficient (Wildman–Crippen LogP) is 0.798. The van der Waals surface area contributed by atoms with Crippen molar-refractivity contribution in [2.75, 3.05) is 23.9 Å². The number of nitrogens with zero attached hydrogens (tertiary/aromatic N) is 1.